The lowest BCUT2D eigenvalue weighted by molar-refractivity contribution is -0.138. The number of carbonyl (C=O) groups is 1. The summed E-state index contributed by atoms with van der Waals surface area (Å²) in [7, 11) is 0. The van der Waals surface area contributed by atoms with Crippen molar-refractivity contribution < 1.29 is 14.1 Å². The molecule has 4 rings (SSSR count). The third-order valence-electron chi connectivity index (χ3n) is 4.83. The van der Waals surface area contributed by atoms with E-state index < -0.39 is 0 Å². The lowest BCUT2D eigenvalue weighted by Gasteiger charge is -2.36. The molecular weight excluding hydrogens is 427 g/mol. The average Bonchev–Trinajstić information content (AvgIpc) is 3.23. The standard InChI is InChI=1S/C21H20Cl2N4O3/c1-2-20(28)27-8-9-29-12-19(27)25-13-6-7-24-16(10-13)18-11-17(26-30-18)21-14(22)4-3-5-15(21)23/h3-7,10-11,19H,2,8-9,12H2,1H3,(H,24,25). The predicted molar refractivity (Wildman–Crippen MR) is 115 cm³/mol. The Bertz CT molecular complexity index is 1040. The molecule has 3 heterocycles. The molecule has 1 aliphatic heterocycles. The number of morpholine rings is 1. The second-order valence-corrected chi connectivity index (χ2v) is 7.59. The summed E-state index contributed by atoms with van der Waals surface area (Å²) in [6.45, 7) is 3.37. The maximum atomic E-state index is 12.2. The van der Waals surface area contributed by atoms with Crippen LogP contribution in [0, 0.1) is 0 Å². The van der Waals surface area contributed by atoms with E-state index in [4.69, 9.17) is 32.5 Å². The number of hydrogen-bond acceptors (Lipinski definition) is 6. The van der Waals surface area contributed by atoms with Gasteiger partial charge in [0.1, 0.15) is 17.6 Å². The van der Waals surface area contributed by atoms with Crippen molar-refractivity contribution in [1.82, 2.24) is 15.0 Å². The minimum atomic E-state index is -0.242. The molecule has 1 aromatic carbocycles. The van der Waals surface area contributed by atoms with Crippen LogP contribution in [-0.4, -0.2) is 46.9 Å². The molecule has 1 fully saturated rings. The van der Waals surface area contributed by atoms with Gasteiger partial charge in [0, 0.05) is 36.5 Å². The maximum absolute atomic E-state index is 12.2. The van der Waals surface area contributed by atoms with E-state index in [2.05, 4.69) is 15.5 Å². The zero-order chi connectivity index (χ0) is 21.1. The molecule has 2 aromatic heterocycles. The summed E-state index contributed by atoms with van der Waals surface area (Å²) in [6, 6.07) is 10.7. The summed E-state index contributed by atoms with van der Waals surface area (Å²) in [5.74, 6) is 0.563. The number of carbonyl (C=O) groups excluding carboxylic acids is 1. The van der Waals surface area contributed by atoms with Crippen LogP contribution in [0.2, 0.25) is 10.0 Å². The molecule has 1 amide bonds. The molecule has 7 nitrogen and oxygen atoms in total. The van der Waals surface area contributed by atoms with E-state index in [-0.39, 0.29) is 12.1 Å². The fourth-order valence-corrected chi connectivity index (χ4v) is 3.92. The Morgan fingerprint density at radius 3 is 2.80 bits per heavy atom. The van der Waals surface area contributed by atoms with E-state index in [0.717, 1.165) is 5.69 Å². The molecule has 1 aliphatic rings. The fourth-order valence-electron chi connectivity index (χ4n) is 3.33. The first-order chi connectivity index (χ1) is 14.6. The Morgan fingerprint density at radius 1 is 1.23 bits per heavy atom. The normalized spacial score (nSPS) is 16.5. The monoisotopic (exact) mass is 446 g/mol. The molecule has 1 saturated heterocycles. The highest BCUT2D eigenvalue weighted by atomic mass is 35.5. The smallest absolute Gasteiger partial charge is 0.224 e. The van der Waals surface area contributed by atoms with Crippen molar-refractivity contribution in [2.24, 2.45) is 0 Å². The minimum absolute atomic E-state index is 0.0848. The molecule has 3 aromatic rings. The van der Waals surface area contributed by atoms with E-state index in [1.165, 1.54) is 0 Å². The van der Waals surface area contributed by atoms with Crippen molar-refractivity contribution in [3.8, 4) is 22.7 Å². The SMILES string of the molecule is CCC(=O)N1CCOCC1Nc1ccnc(-c2cc(-c3c(Cl)cccc3Cl)no2)c1. The van der Waals surface area contributed by atoms with Gasteiger partial charge in [-0.25, -0.2) is 0 Å². The lowest BCUT2D eigenvalue weighted by Crippen LogP contribution is -2.52. The maximum Gasteiger partial charge on any atom is 0.224 e. The number of amides is 1. The molecule has 0 radical (unpaired) electrons. The third kappa shape index (κ3) is 4.28. The largest absolute Gasteiger partial charge is 0.376 e. The van der Waals surface area contributed by atoms with Crippen LogP contribution in [0.1, 0.15) is 13.3 Å². The molecule has 1 N–H and O–H groups in total. The van der Waals surface area contributed by atoms with Crippen LogP contribution in [0.3, 0.4) is 0 Å². The minimum Gasteiger partial charge on any atom is -0.376 e. The second-order valence-electron chi connectivity index (χ2n) is 6.78. The predicted octanol–water partition coefficient (Wildman–Crippen LogP) is 4.72. The summed E-state index contributed by atoms with van der Waals surface area (Å²) in [5, 5.41) is 8.43. The van der Waals surface area contributed by atoms with Crippen LogP contribution in [-0.2, 0) is 9.53 Å². The lowest BCUT2D eigenvalue weighted by atomic mass is 10.1. The van der Waals surface area contributed by atoms with Gasteiger partial charge in [0.15, 0.2) is 5.76 Å². The van der Waals surface area contributed by atoms with Gasteiger partial charge in [-0.2, -0.15) is 0 Å². The van der Waals surface area contributed by atoms with E-state index in [1.54, 1.807) is 35.4 Å². The third-order valence-corrected chi connectivity index (χ3v) is 5.46. The van der Waals surface area contributed by atoms with Gasteiger partial charge in [-0.1, -0.05) is 41.3 Å². The summed E-state index contributed by atoms with van der Waals surface area (Å²) in [5.41, 5.74) is 2.52. The van der Waals surface area contributed by atoms with E-state index in [0.29, 0.717) is 58.9 Å². The van der Waals surface area contributed by atoms with Gasteiger partial charge in [0.05, 0.1) is 23.3 Å². The molecule has 0 saturated carbocycles. The van der Waals surface area contributed by atoms with E-state index in [9.17, 15) is 4.79 Å². The Labute approximate surface area is 183 Å². The van der Waals surface area contributed by atoms with Gasteiger partial charge in [0.2, 0.25) is 5.91 Å². The van der Waals surface area contributed by atoms with Gasteiger partial charge in [0.25, 0.3) is 0 Å². The number of nitrogens with zero attached hydrogens (tertiary/aromatic N) is 3. The second kappa shape index (κ2) is 9.04. The zero-order valence-corrected chi connectivity index (χ0v) is 17.8. The van der Waals surface area contributed by atoms with Crippen LogP contribution in [0.25, 0.3) is 22.7 Å². The van der Waals surface area contributed by atoms with Crippen molar-refractivity contribution in [2.45, 2.75) is 19.5 Å². The Morgan fingerprint density at radius 2 is 2.03 bits per heavy atom. The Kier molecular flexibility index (Phi) is 6.22. The van der Waals surface area contributed by atoms with Crippen LogP contribution < -0.4 is 5.32 Å². The number of nitrogens with one attached hydrogen (secondary N) is 1. The first-order valence-electron chi connectivity index (χ1n) is 9.58. The summed E-state index contributed by atoms with van der Waals surface area (Å²) < 4.78 is 11.0. The van der Waals surface area contributed by atoms with Gasteiger partial charge < -0.3 is 19.5 Å². The quantitative estimate of drug-likeness (QED) is 0.610. The van der Waals surface area contributed by atoms with Crippen molar-refractivity contribution in [3.63, 3.8) is 0 Å². The number of aromatic nitrogens is 2. The average molecular weight is 447 g/mol. The zero-order valence-electron chi connectivity index (χ0n) is 16.3. The van der Waals surface area contributed by atoms with Crippen molar-refractivity contribution >= 4 is 34.8 Å². The van der Waals surface area contributed by atoms with Gasteiger partial charge >= 0.3 is 0 Å². The number of hydrogen-bond donors (Lipinski definition) is 1. The topological polar surface area (TPSA) is 80.5 Å². The van der Waals surface area contributed by atoms with Gasteiger partial charge in [-0.15, -0.1) is 0 Å². The van der Waals surface area contributed by atoms with Crippen LogP contribution in [0.4, 0.5) is 5.69 Å². The van der Waals surface area contributed by atoms with Crippen molar-refractivity contribution in [2.75, 3.05) is 25.1 Å². The van der Waals surface area contributed by atoms with E-state index in [1.807, 2.05) is 19.1 Å². The molecule has 30 heavy (non-hydrogen) atoms. The number of ether oxygens (including phenoxy) is 1. The van der Waals surface area contributed by atoms with Crippen molar-refractivity contribution in [3.05, 3.63) is 52.6 Å². The number of anilines is 1. The summed E-state index contributed by atoms with van der Waals surface area (Å²) in [4.78, 5) is 18.4. The highest BCUT2D eigenvalue weighted by molar-refractivity contribution is 6.39. The Hall–Kier alpha value is -2.61. The highest BCUT2D eigenvalue weighted by Gasteiger charge is 2.26. The molecule has 1 atom stereocenters. The Balaban J connectivity index is 1.57. The molecule has 1 unspecified atom stereocenters. The van der Waals surface area contributed by atoms with E-state index >= 15 is 0 Å². The molecule has 0 spiro atoms. The molecule has 9 heteroatoms. The number of benzene rings is 1. The number of rotatable bonds is 5. The van der Waals surface area contributed by atoms with Crippen LogP contribution in [0.15, 0.2) is 47.1 Å². The van der Waals surface area contributed by atoms with Crippen molar-refractivity contribution in [1.29, 1.82) is 0 Å². The molecule has 156 valence electrons. The van der Waals surface area contributed by atoms with Crippen LogP contribution in [0.5, 0.6) is 0 Å². The number of pyridine rings is 1. The highest BCUT2D eigenvalue weighted by Crippen LogP contribution is 2.35. The summed E-state index contributed by atoms with van der Waals surface area (Å²) in [6.07, 6.45) is 1.87. The first-order valence-corrected chi connectivity index (χ1v) is 10.3. The van der Waals surface area contributed by atoms with Crippen LogP contribution >= 0.6 is 23.2 Å². The fraction of sp³-hybridized carbons (Fsp3) is 0.286. The summed E-state index contributed by atoms with van der Waals surface area (Å²) >= 11 is 12.5. The van der Waals surface area contributed by atoms with Gasteiger partial charge in [-0.05, 0) is 24.3 Å². The molecule has 0 aliphatic carbocycles. The van der Waals surface area contributed by atoms with Gasteiger partial charge in [-0.3, -0.25) is 9.78 Å². The number of halogens is 2. The first kappa shape index (κ1) is 20.7. The molecule has 0 bridgehead atoms. The molecular formula is C21H20Cl2N4O3.